The molecule has 8 heteroatoms. The molecule has 0 fully saturated rings. The van der Waals surface area contributed by atoms with Gasteiger partial charge in [-0.15, -0.1) is 0 Å². The number of nitrogens with zero attached hydrogens (tertiary/aromatic N) is 2. The molecule has 4 rings (SSSR count). The molecule has 2 aliphatic heterocycles. The average molecular weight is 365 g/mol. The molecule has 0 radical (unpaired) electrons. The molecule has 1 aromatic heterocycles. The molecule has 136 valence electrons. The number of methoxy groups -OCH3 is 1. The summed E-state index contributed by atoms with van der Waals surface area (Å²) in [5.41, 5.74) is 5.38. The average Bonchev–Trinajstić information content (AvgIpc) is 3.05. The van der Waals surface area contributed by atoms with E-state index in [9.17, 15) is 8.42 Å². The number of ether oxygens (including phenoxy) is 1. The van der Waals surface area contributed by atoms with Gasteiger partial charge in [0.05, 0.1) is 30.9 Å². The highest BCUT2D eigenvalue weighted by Crippen LogP contribution is 2.39. The van der Waals surface area contributed by atoms with Crippen molar-refractivity contribution in [3.8, 4) is 5.75 Å². The Morgan fingerprint density at radius 2 is 2.04 bits per heavy atom. The van der Waals surface area contributed by atoms with Crippen LogP contribution in [0.3, 0.4) is 0 Å². The Balaban J connectivity index is 0.000000324. The number of rotatable bonds is 1. The fraction of sp³-hybridized carbons (Fsp3) is 0.412. The van der Waals surface area contributed by atoms with Crippen molar-refractivity contribution in [1.82, 2.24) is 14.8 Å². The molecule has 0 bridgehead atoms. The van der Waals surface area contributed by atoms with Crippen LogP contribution in [-0.2, 0) is 23.6 Å². The van der Waals surface area contributed by atoms with Crippen LogP contribution in [0.5, 0.6) is 5.75 Å². The van der Waals surface area contributed by atoms with Crippen molar-refractivity contribution in [2.75, 3.05) is 19.9 Å². The molecule has 7 nitrogen and oxygen atoms in total. The van der Waals surface area contributed by atoms with Crippen molar-refractivity contribution >= 4 is 26.7 Å². The minimum atomic E-state index is -3.67. The van der Waals surface area contributed by atoms with Crippen molar-refractivity contribution in [2.24, 2.45) is 7.05 Å². The van der Waals surface area contributed by atoms with Gasteiger partial charge in [0.1, 0.15) is 5.75 Å². The molecule has 0 saturated carbocycles. The zero-order chi connectivity index (χ0) is 18.4. The highest BCUT2D eigenvalue weighted by molar-refractivity contribution is 7.85. The summed E-state index contributed by atoms with van der Waals surface area (Å²) >= 11 is 0. The molecule has 0 amide bonds. The van der Waals surface area contributed by atoms with Gasteiger partial charge >= 0.3 is 0 Å². The minimum absolute atomic E-state index is 0.394. The summed E-state index contributed by atoms with van der Waals surface area (Å²) in [5, 5.41) is 4.74. The van der Waals surface area contributed by atoms with E-state index in [1.165, 1.54) is 27.9 Å². The third kappa shape index (κ3) is 3.32. The van der Waals surface area contributed by atoms with Gasteiger partial charge in [0.15, 0.2) is 0 Å². The van der Waals surface area contributed by atoms with Crippen LogP contribution in [0.15, 0.2) is 24.4 Å². The van der Waals surface area contributed by atoms with E-state index >= 15 is 0 Å². The van der Waals surface area contributed by atoms with E-state index < -0.39 is 10.1 Å². The van der Waals surface area contributed by atoms with Crippen LogP contribution in [0.4, 0.5) is 0 Å². The van der Waals surface area contributed by atoms with Gasteiger partial charge in [-0.25, -0.2) is 0 Å². The standard InChI is InChI=1S/C16H19N3O.CH4O3S/c1-10-17-9-15-16-12(6-7-19(10)15)13-8-11(20-3)4-5-14(13)18(16)2;1-5(2,3)4/h4-5,8-10,17H,6-7H2,1-3H3;1H3,(H,2,3,4). The molecule has 1 unspecified atom stereocenters. The molecular weight excluding hydrogens is 342 g/mol. The zero-order valence-electron chi connectivity index (χ0n) is 14.8. The Labute approximate surface area is 147 Å². The molecule has 0 spiro atoms. The second kappa shape index (κ2) is 6.27. The van der Waals surface area contributed by atoms with Crippen LogP contribution in [0.25, 0.3) is 16.6 Å². The lowest BCUT2D eigenvalue weighted by molar-refractivity contribution is 0.307. The van der Waals surface area contributed by atoms with E-state index in [1.807, 2.05) is 6.07 Å². The predicted molar refractivity (Wildman–Crippen MR) is 97.9 cm³/mol. The fourth-order valence-corrected chi connectivity index (χ4v) is 3.54. The lowest BCUT2D eigenvalue weighted by Crippen LogP contribution is -2.37. The van der Waals surface area contributed by atoms with Crippen LogP contribution >= 0.6 is 0 Å². The Bertz CT molecular complexity index is 938. The number of fused-ring (bicyclic) bond motifs is 5. The van der Waals surface area contributed by atoms with Crippen LogP contribution in [0.2, 0.25) is 0 Å². The SMILES string of the molecule is COc1ccc2c(c1)c1c(n2C)C2=CNC(C)N2CC1.CS(=O)(=O)O. The topological polar surface area (TPSA) is 83.8 Å². The molecule has 1 atom stereocenters. The molecule has 0 aliphatic carbocycles. The number of aryl methyl sites for hydroxylation is 1. The van der Waals surface area contributed by atoms with E-state index in [0.717, 1.165) is 18.7 Å². The van der Waals surface area contributed by atoms with Gasteiger partial charge in [-0.1, -0.05) is 0 Å². The molecule has 3 heterocycles. The van der Waals surface area contributed by atoms with E-state index in [0.29, 0.717) is 12.4 Å². The minimum Gasteiger partial charge on any atom is -0.497 e. The van der Waals surface area contributed by atoms with Crippen molar-refractivity contribution in [3.63, 3.8) is 0 Å². The van der Waals surface area contributed by atoms with Crippen LogP contribution < -0.4 is 10.1 Å². The Morgan fingerprint density at radius 1 is 1.36 bits per heavy atom. The second-order valence-corrected chi connectivity index (χ2v) is 7.78. The summed E-state index contributed by atoms with van der Waals surface area (Å²) in [7, 11) is 0.213. The summed E-state index contributed by atoms with van der Waals surface area (Å²) in [4.78, 5) is 2.44. The summed E-state index contributed by atoms with van der Waals surface area (Å²) in [6, 6.07) is 6.36. The summed E-state index contributed by atoms with van der Waals surface area (Å²) in [5.74, 6) is 0.931. The Hall–Kier alpha value is -2.19. The molecule has 2 aliphatic rings. The number of hydrogen-bond acceptors (Lipinski definition) is 5. The largest absolute Gasteiger partial charge is 0.497 e. The summed E-state index contributed by atoms with van der Waals surface area (Å²) < 4.78 is 33.6. The second-order valence-electron chi connectivity index (χ2n) is 6.32. The van der Waals surface area contributed by atoms with Crippen molar-refractivity contribution in [2.45, 2.75) is 19.5 Å². The number of nitrogens with one attached hydrogen (secondary N) is 1. The molecular formula is C17H23N3O4S. The van der Waals surface area contributed by atoms with Gasteiger partial charge in [0.25, 0.3) is 10.1 Å². The number of benzene rings is 1. The summed E-state index contributed by atoms with van der Waals surface area (Å²) in [6.07, 6.45) is 4.35. The smallest absolute Gasteiger partial charge is 0.261 e. The molecule has 1 aromatic carbocycles. The first kappa shape index (κ1) is 17.6. The highest BCUT2D eigenvalue weighted by atomic mass is 32.2. The first-order valence-corrected chi connectivity index (χ1v) is 9.86. The van der Waals surface area contributed by atoms with Crippen molar-refractivity contribution in [3.05, 3.63) is 35.7 Å². The number of hydrogen-bond donors (Lipinski definition) is 2. The molecule has 0 saturated heterocycles. The van der Waals surface area contributed by atoms with Gasteiger partial charge in [-0.05, 0) is 37.1 Å². The quantitative estimate of drug-likeness (QED) is 0.750. The van der Waals surface area contributed by atoms with E-state index in [4.69, 9.17) is 9.29 Å². The van der Waals surface area contributed by atoms with E-state index in [-0.39, 0.29) is 0 Å². The van der Waals surface area contributed by atoms with Gasteiger partial charge < -0.3 is 19.5 Å². The van der Waals surface area contributed by atoms with E-state index in [1.54, 1.807) is 7.11 Å². The molecule has 2 N–H and O–H groups in total. The lowest BCUT2D eigenvalue weighted by atomic mass is 10.0. The maximum atomic E-state index is 9.19. The number of aromatic nitrogens is 1. The van der Waals surface area contributed by atoms with Crippen molar-refractivity contribution < 1.29 is 17.7 Å². The Morgan fingerprint density at radius 3 is 2.68 bits per heavy atom. The van der Waals surface area contributed by atoms with Gasteiger partial charge in [0, 0.05) is 30.7 Å². The van der Waals surface area contributed by atoms with Gasteiger partial charge in [-0.3, -0.25) is 4.55 Å². The fourth-order valence-electron chi connectivity index (χ4n) is 3.54. The third-order valence-electron chi connectivity index (χ3n) is 4.59. The normalized spacial score (nSPS) is 18.7. The molecule has 25 heavy (non-hydrogen) atoms. The van der Waals surface area contributed by atoms with Crippen LogP contribution in [0, 0.1) is 0 Å². The predicted octanol–water partition coefficient (Wildman–Crippen LogP) is 1.80. The Kier molecular flexibility index (Phi) is 4.42. The maximum Gasteiger partial charge on any atom is 0.261 e. The third-order valence-corrected chi connectivity index (χ3v) is 4.59. The first-order valence-electron chi connectivity index (χ1n) is 8.01. The first-order chi connectivity index (χ1) is 11.7. The lowest BCUT2D eigenvalue weighted by Gasteiger charge is -2.31. The zero-order valence-corrected chi connectivity index (χ0v) is 15.6. The summed E-state index contributed by atoms with van der Waals surface area (Å²) in [6.45, 7) is 3.28. The van der Waals surface area contributed by atoms with E-state index in [2.05, 4.69) is 47.1 Å². The maximum absolute atomic E-state index is 9.19. The molecule has 2 aromatic rings. The highest BCUT2D eigenvalue weighted by Gasteiger charge is 2.32. The van der Waals surface area contributed by atoms with Gasteiger partial charge in [-0.2, -0.15) is 8.42 Å². The monoisotopic (exact) mass is 365 g/mol. The van der Waals surface area contributed by atoms with Crippen LogP contribution in [0.1, 0.15) is 18.2 Å². The van der Waals surface area contributed by atoms with Gasteiger partial charge in [0.2, 0.25) is 0 Å². The van der Waals surface area contributed by atoms with Crippen LogP contribution in [-0.4, -0.2) is 48.5 Å². The van der Waals surface area contributed by atoms with Crippen molar-refractivity contribution in [1.29, 1.82) is 0 Å².